The van der Waals surface area contributed by atoms with Gasteiger partial charge in [0.2, 0.25) is 10.0 Å². The van der Waals surface area contributed by atoms with E-state index in [9.17, 15) is 26.7 Å². The van der Waals surface area contributed by atoms with Crippen molar-refractivity contribution in [1.29, 1.82) is 0 Å². The van der Waals surface area contributed by atoms with Crippen molar-refractivity contribution in [2.24, 2.45) is 24.8 Å². The maximum atomic E-state index is 13.8. The molecule has 2 aliphatic heterocycles. The van der Waals surface area contributed by atoms with Crippen LogP contribution in [-0.4, -0.2) is 82.3 Å². The minimum absolute atomic E-state index is 0.00179. The Bertz CT molecular complexity index is 1070. The zero-order valence-corrected chi connectivity index (χ0v) is 23.4. The molecule has 0 radical (unpaired) electrons. The number of sulfonamides is 1. The van der Waals surface area contributed by atoms with Gasteiger partial charge in [0.15, 0.2) is 0 Å². The minimum atomic E-state index is -4.50. The van der Waals surface area contributed by atoms with E-state index in [4.69, 9.17) is 0 Å². The fourth-order valence-corrected chi connectivity index (χ4v) is 10.4. The summed E-state index contributed by atoms with van der Waals surface area (Å²) in [5.74, 6) is -0.778. The van der Waals surface area contributed by atoms with Gasteiger partial charge in [0.05, 0.1) is 24.0 Å². The smallest absolute Gasteiger partial charge is 0.393 e. The van der Waals surface area contributed by atoms with E-state index in [1.165, 1.54) is 15.6 Å². The summed E-state index contributed by atoms with van der Waals surface area (Å²) in [5, 5.41) is 13.3. The number of aliphatic hydroxyl groups excluding tert-OH is 1. The highest BCUT2D eigenvalue weighted by Crippen LogP contribution is 2.48. The van der Waals surface area contributed by atoms with E-state index in [1.54, 1.807) is 0 Å². The van der Waals surface area contributed by atoms with Crippen molar-refractivity contribution in [1.82, 2.24) is 19.0 Å². The third kappa shape index (κ3) is 5.17. The third-order valence-corrected chi connectivity index (χ3v) is 12.7. The summed E-state index contributed by atoms with van der Waals surface area (Å²) >= 11 is 0. The number of hydrogen-bond acceptors (Lipinski definition) is 5. The van der Waals surface area contributed by atoms with E-state index in [2.05, 4.69) is 16.9 Å². The number of rotatable bonds is 5. The van der Waals surface area contributed by atoms with Crippen molar-refractivity contribution in [2.75, 3.05) is 26.2 Å². The van der Waals surface area contributed by atoms with Crippen molar-refractivity contribution in [2.45, 2.75) is 101 Å². The molecule has 216 valence electrons. The lowest BCUT2D eigenvalue weighted by molar-refractivity contribution is -0.180. The van der Waals surface area contributed by atoms with Crippen LogP contribution in [0.5, 0.6) is 0 Å². The Labute approximate surface area is 224 Å². The number of hydrogen-bond donors (Lipinski definition) is 1. The second-order valence-electron chi connectivity index (χ2n) is 12.1. The molecule has 11 heteroatoms. The summed E-state index contributed by atoms with van der Waals surface area (Å²) in [5.41, 5.74) is 2.49. The van der Waals surface area contributed by atoms with Crippen LogP contribution in [0, 0.1) is 24.7 Å². The minimum Gasteiger partial charge on any atom is -0.395 e. The zero-order valence-electron chi connectivity index (χ0n) is 22.6. The van der Waals surface area contributed by atoms with Crippen molar-refractivity contribution in [3.8, 4) is 0 Å². The molecule has 0 bridgehead atoms. The summed E-state index contributed by atoms with van der Waals surface area (Å²) in [6.45, 7) is 3.47. The van der Waals surface area contributed by atoms with Crippen LogP contribution in [0.3, 0.4) is 0 Å². The van der Waals surface area contributed by atoms with E-state index in [-0.39, 0.29) is 50.5 Å². The summed E-state index contributed by atoms with van der Waals surface area (Å²) in [7, 11) is -2.13. The molecule has 1 aromatic rings. The number of alkyl halides is 3. The van der Waals surface area contributed by atoms with E-state index >= 15 is 0 Å². The fourth-order valence-electron chi connectivity index (χ4n) is 8.12. The lowest BCUT2D eigenvalue weighted by Gasteiger charge is -2.60. The van der Waals surface area contributed by atoms with Gasteiger partial charge >= 0.3 is 6.18 Å². The summed E-state index contributed by atoms with van der Waals surface area (Å²) in [6, 6.07) is -0.0428. The van der Waals surface area contributed by atoms with E-state index in [1.807, 2.05) is 17.9 Å². The van der Waals surface area contributed by atoms with Gasteiger partial charge in [-0.25, -0.2) is 12.7 Å². The molecule has 5 rings (SSSR count). The summed E-state index contributed by atoms with van der Waals surface area (Å²) in [4.78, 5) is 2.24. The molecule has 7 nitrogen and oxygen atoms in total. The van der Waals surface area contributed by atoms with Gasteiger partial charge in [-0.3, -0.25) is 9.58 Å². The summed E-state index contributed by atoms with van der Waals surface area (Å²) in [6.07, 6.45) is 3.90. The van der Waals surface area contributed by atoms with Gasteiger partial charge in [0.1, 0.15) is 0 Å². The molecule has 2 saturated heterocycles. The Morgan fingerprint density at radius 3 is 2.34 bits per heavy atom. The maximum Gasteiger partial charge on any atom is 0.393 e. The predicted molar refractivity (Wildman–Crippen MR) is 139 cm³/mol. The summed E-state index contributed by atoms with van der Waals surface area (Å²) < 4.78 is 72.4. The van der Waals surface area contributed by atoms with Crippen LogP contribution in [0.15, 0.2) is 6.20 Å². The third-order valence-electron chi connectivity index (χ3n) is 10.3. The first-order valence-corrected chi connectivity index (χ1v) is 15.9. The number of fused-ring (bicyclic) bond motifs is 1. The van der Waals surface area contributed by atoms with Gasteiger partial charge in [-0.15, -0.1) is 0 Å². The lowest BCUT2D eigenvalue weighted by atomic mass is 9.64. The zero-order chi connectivity index (χ0) is 27.2. The van der Waals surface area contributed by atoms with Crippen LogP contribution in [0.4, 0.5) is 13.2 Å². The topological polar surface area (TPSA) is 78.7 Å². The molecule has 2 saturated carbocycles. The average Bonchev–Trinajstić information content (AvgIpc) is 3.20. The molecule has 0 spiro atoms. The Hall–Kier alpha value is -1.17. The largest absolute Gasteiger partial charge is 0.395 e. The molecule has 5 atom stereocenters. The SMILES string of the molecule is Cc1c(C2CCC([C@H]3C4CN(S(=O)(=O)C5CCCCC5C(F)(F)F)CCCCN4[C@@H]3CO)CC2)cnn1C. The molecule has 1 aromatic heterocycles. The van der Waals surface area contributed by atoms with Crippen molar-refractivity contribution < 1.29 is 26.7 Å². The highest BCUT2D eigenvalue weighted by molar-refractivity contribution is 7.89. The second-order valence-corrected chi connectivity index (χ2v) is 14.3. The quantitative estimate of drug-likeness (QED) is 0.584. The molecule has 3 heterocycles. The van der Waals surface area contributed by atoms with Crippen LogP contribution >= 0.6 is 0 Å². The van der Waals surface area contributed by atoms with E-state index in [0.29, 0.717) is 31.1 Å². The Morgan fingerprint density at radius 1 is 1.03 bits per heavy atom. The van der Waals surface area contributed by atoms with Crippen LogP contribution in [-0.2, 0) is 17.1 Å². The van der Waals surface area contributed by atoms with Crippen molar-refractivity contribution in [3.63, 3.8) is 0 Å². The molecule has 38 heavy (non-hydrogen) atoms. The second kappa shape index (κ2) is 11.0. The first-order valence-electron chi connectivity index (χ1n) is 14.4. The molecular formula is C27H43F3N4O3S. The standard InChI is InChI=1S/C27H43F3N4O3S/c1-18-21(15-31-32(18)2)19-9-11-20(12-10-19)26-23-16-33(13-5-6-14-34(23)24(26)17-35)38(36,37)25-8-4-3-7-22(25)27(28,29)30/h15,19-20,22-26,35H,3-14,16-17H2,1-2H3/t19?,20?,22?,23?,24-,25?,26+/m1/s1. The first-order chi connectivity index (χ1) is 18.0. The van der Waals surface area contributed by atoms with Crippen LogP contribution in [0.2, 0.25) is 0 Å². The molecule has 1 N–H and O–H groups in total. The molecule has 4 aliphatic rings. The van der Waals surface area contributed by atoms with Gasteiger partial charge in [-0.1, -0.05) is 12.8 Å². The van der Waals surface area contributed by atoms with Gasteiger partial charge < -0.3 is 5.11 Å². The van der Waals surface area contributed by atoms with Crippen LogP contribution in [0.1, 0.15) is 81.4 Å². The molecule has 2 aliphatic carbocycles. The molecule has 4 fully saturated rings. The number of nitrogens with zero attached hydrogens (tertiary/aromatic N) is 4. The number of halogens is 3. The van der Waals surface area contributed by atoms with Crippen molar-refractivity contribution in [3.05, 3.63) is 17.5 Å². The Morgan fingerprint density at radius 2 is 1.71 bits per heavy atom. The molecule has 3 unspecified atom stereocenters. The normalized spacial score (nSPS) is 36.2. The number of aliphatic hydroxyl groups is 1. The first kappa shape index (κ1) is 28.4. The van der Waals surface area contributed by atoms with Crippen LogP contribution < -0.4 is 0 Å². The highest BCUT2D eigenvalue weighted by Gasteiger charge is 2.55. The van der Waals surface area contributed by atoms with Crippen LogP contribution in [0.25, 0.3) is 0 Å². The molecular weight excluding hydrogens is 517 g/mol. The van der Waals surface area contributed by atoms with E-state index in [0.717, 1.165) is 38.6 Å². The highest BCUT2D eigenvalue weighted by atomic mass is 32.2. The fraction of sp³-hybridized carbons (Fsp3) is 0.889. The Kier molecular flexibility index (Phi) is 8.22. The van der Waals surface area contributed by atoms with Gasteiger partial charge in [-0.05, 0) is 88.2 Å². The van der Waals surface area contributed by atoms with E-state index < -0.39 is 27.4 Å². The average molecular weight is 561 g/mol. The number of aromatic nitrogens is 2. The Balaban J connectivity index is 1.32. The maximum absolute atomic E-state index is 13.8. The van der Waals surface area contributed by atoms with Gasteiger partial charge in [0.25, 0.3) is 0 Å². The van der Waals surface area contributed by atoms with Crippen molar-refractivity contribution >= 4 is 10.0 Å². The molecule has 0 amide bonds. The van der Waals surface area contributed by atoms with Gasteiger partial charge in [0, 0.05) is 37.9 Å². The lowest BCUT2D eigenvalue weighted by Crippen LogP contribution is -2.71. The number of aryl methyl sites for hydroxylation is 1. The van der Waals surface area contributed by atoms with Gasteiger partial charge in [-0.2, -0.15) is 18.3 Å². The molecule has 0 aromatic carbocycles. The monoisotopic (exact) mass is 560 g/mol. The predicted octanol–water partition coefficient (Wildman–Crippen LogP) is 4.21.